The molecule has 0 aromatic heterocycles. The summed E-state index contributed by atoms with van der Waals surface area (Å²) in [5, 5.41) is 17.4. The van der Waals surface area contributed by atoms with Crippen molar-refractivity contribution in [2.45, 2.75) is 6.42 Å². The summed E-state index contributed by atoms with van der Waals surface area (Å²) in [5.74, 6) is -0.611. The van der Waals surface area contributed by atoms with Crippen molar-refractivity contribution in [1.29, 1.82) is 5.41 Å². The molecule has 0 atom stereocenters. The molecule has 16 heavy (non-hydrogen) atoms. The maximum atomic E-state index is 9.42. The maximum absolute atomic E-state index is 9.42. The highest BCUT2D eigenvalue weighted by molar-refractivity contribution is 5.91. The Morgan fingerprint density at radius 3 is 2.50 bits per heavy atom. The van der Waals surface area contributed by atoms with E-state index in [1.165, 1.54) is 0 Å². The number of nitrogens with one attached hydrogen (secondary N) is 1. The molecule has 0 saturated heterocycles. The van der Waals surface area contributed by atoms with Gasteiger partial charge in [0.1, 0.15) is 0 Å². The Morgan fingerprint density at radius 2 is 1.94 bits per heavy atom. The molecule has 0 heterocycles. The Kier molecular flexibility index (Phi) is 4.28. The highest BCUT2D eigenvalue weighted by atomic mass is 16.5. The van der Waals surface area contributed by atoms with Gasteiger partial charge in [0.15, 0.2) is 5.96 Å². The highest BCUT2D eigenvalue weighted by Crippen LogP contribution is 2.00. The number of hydrogen-bond donors (Lipinski definition) is 4. The summed E-state index contributed by atoms with van der Waals surface area (Å²) in [4.78, 5) is 3.42. The first-order chi connectivity index (χ1) is 7.59. The van der Waals surface area contributed by atoms with Gasteiger partial charge in [-0.1, -0.05) is 30.3 Å². The molecule has 0 aliphatic heterocycles. The van der Waals surface area contributed by atoms with Crippen LogP contribution in [0, 0.1) is 5.41 Å². The van der Waals surface area contributed by atoms with E-state index in [0.29, 0.717) is 11.5 Å². The molecular weight excluding hydrogens is 206 g/mol. The molecule has 0 fully saturated rings. The van der Waals surface area contributed by atoms with Gasteiger partial charge in [-0.05, 0) is 12.0 Å². The second-order valence-electron chi connectivity index (χ2n) is 3.22. The van der Waals surface area contributed by atoms with Crippen molar-refractivity contribution in [3.8, 4) is 0 Å². The minimum atomic E-state index is -0.365. The quantitative estimate of drug-likeness (QED) is 0.330. The molecule has 1 aromatic carbocycles. The Labute approximate surface area is 93.7 Å². The van der Waals surface area contributed by atoms with Crippen molar-refractivity contribution in [2.24, 2.45) is 16.5 Å². The van der Waals surface area contributed by atoms with Crippen molar-refractivity contribution >= 4 is 11.9 Å². The third kappa shape index (κ3) is 3.97. The fraction of sp³-hybridized carbons (Fsp3) is 0.200. The minimum absolute atomic E-state index is 0.247. The van der Waals surface area contributed by atoms with E-state index in [-0.39, 0.29) is 18.5 Å². The smallest absolute Gasteiger partial charge is 0.245 e. The van der Waals surface area contributed by atoms with Gasteiger partial charge in [-0.25, -0.2) is 5.06 Å². The largest absolute Gasteiger partial charge is 0.370 e. The third-order valence-corrected chi connectivity index (χ3v) is 1.93. The van der Waals surface area contributed by atoms with Crippen molar-refractivity contribution in [1.82, 2.24) is 5.06 Å². The number of benzene rings is 1. The third-order valence-electron chi connectivity index (χ3n) is 1.93. The van der Waals surface area contributed by atoms with Crippen molar-refractivity contribution in [3.63, 3.8) is 0 Å². The summed E-state index contributed by atoms with van der Waals surface area (Å²) in [6.45, 7) is 0.264. The Morgan fingerprint density at radius 1 is 1.31 bits per heavy atom. The van der Waals surface area contributed by atoms with Crippen LogP contribution in [0.4, 0.5) is 0 Å². The Balaban J connectivity index is 2.44. The molecule has 6 nitrogen and oxygen atoms in total. The normalized spacial score (nSPS) is 9.56. The lowest BCUT2D eigenvalue weighted by molar-refractivity contribution is -0.0156. The molecule has 0 spiro atoms. The first-order valence-corrected chi connectivity index (χ1v) is 4.78. The number of nitrogens with zero attached hydrogens (tertiary/aromatic N) is 2. The number of hydroxylamine groups is 2. The second-order valence-corrected chi connectivity index (χ2v) is 3.22. The van der Waals surface area contributed by atoms with E-state index in [0.717, 1.165) is 5.56 Å². The molecule has 0 amide bonds. The predicted octanol–water partition coefficient (Wildman–Crippen LogP) is 0.128. The average Bonchev–Trinajstić information content (AvgIpc) is 2.26. The zero-order chi connectivity index (χ0) is 12.0. The van der Waals surface area contributed by atoms with Gasteiger partial charge in [-0.2, -0.15) is 4.99 Å². The monoisotopic (exact) mass is 221 g/mol. The van der Waals surface area contributed by atoms with Crippen LogP contribution in [0.5, 0.6) is 0 Å². The molecule has 1 rings (SSSR count). The van der Waals surface area contributed by atoms with E-state index in [2.05, 4.69) is 4.99 Å². The maximum Gasteiger partial charge on any atom is 0.245 e. The molecular formula is C10H15N5O. The molecule has 1 aromatic rings. The van der Waals surface area contributed by atoms with Gasteiger partial charge in [0, 0.05) is 0 Å². The minimum Gasteiger partial charge on any atom is -0.370 e. The van der Waals surface area contributed by atoms with E-state index >= 15 is 0 Å². The molecule has 0 unspecified atom stereocenters. The van der Waals surface area contributed by atoms with E-state index in [4.69, 9.17) is 16.9 Å². The van der Waals surface area contributed by atoms with Gasteiger partial charge < -0.3 is 11.5 Å². The van der Waals surface area contributed by atoms with Crippen LogP contribution in [0.2, 0.25) is 0 Å². The van der Waals surface area contributed by atoms with E-state index in [1.54, 1.807) is 0 Å². The van der Waals surface area contributed by atoms with Gasteiger partial charge in [-0.3, -0.25) is 10.6 Å². The van der Waals surface area contributed by atoms with Gasteiger partial charge in [0.25, 0.3) is 0 Å². The van der Waals surface area contributed by atoms with E-state index in [9.17, 15) is 5.21 Å². The zero-order valence-corrected chi connectivity index (χ0v) is 8.80. The topological polar surface area (TPSA) is 112 Å². The fourth-order valence-corrected chi connectivity index (χ4v) is 1.17. The predicted molar refractivity (Wildman–Crippen MR) is 62.2 cm³/mol. The fourth-order valence-electron chi connectivity index (χ4n) is 1.17. The summed E-state index contributed by atoms with van der Waals surface area (Å²) in [6, 6.07) is 9.63. The molecule has 0 saturated carbocycles. The number of rotatable bonds is 3. The number of aliphatic imine (C=N–C) groups is 1. The summed E-state index contributed by atoms with van der Waals surface area (Å²) in [5.41, 5.74) is 11.2. The van der Waals surface area contributed by atoms with Gasteiger partial charge in [0.05, 0.1) is 6.54 Å². The van der Waals surface area contributed by atoms with Crippen LogP contribution in [0.3, 0.4) is 0 Å². The summed E-state index contributed by atoms with van der Waals surface area (Å²) in [7, 11) is 0. The second kappa shape index (κ2) is 5.72. The van der Waals surface area contributed by atoms with Crippen LogP contribution >= 0.6 is 0 Å². The van der Waals surface area contributed by atoms with Crippen molar-refractivity contribution < 1.29 is 5.21 Å². The lowest BCUT2D eigenvalue weighted by Gasteiger charge is -2.14. The van der Waals surface area contributed by atoms with E-state index < -0.39 is 0 Å². The van der Waals surface area contributed by atoms with Crippen LogP contribution in [0.15, 0.2) is 35.3 Å². The first kappa shape index (κ1) is 12.0. The summed E-state index contributed by atoms with van der Waals surface area (Å²) >= 11 is 0. The van der Waals surface area contributed by atoms with Gasteiger partial charge >= 0.3 is 0 Å². The van der Waals surface area contributed by atoms with Crippen LogP contribution in [-0.4, -0.2) is 28.7 Å². The van der Waals surface area contributed by atoms with Gasteiger partial charge in [0.2, 0.25) is 5.96 Å². The lowest BCUT2D eigenvalue weighted by Crippen LogP contribution is -2.32. The number of guanidine groups is 2. The summed E-state index contributed by atoms with van der Waals surface area (Å²) in [6.07, 6.45) is 0.611. The molecule has 86 valence electrons. The highest BCUT2D eigenvalue weighted by Gasteiger charge is 2.05. The van der Waals surface area contributed by atoms with Crippen LogP contribution in [0.25, 0.3) is 0 Å². The van der Waals surface area contributed by atoms with Gasteiger partial charge in [-0.15, -0.1) is 0 Å². The lowest BCUT2D eigenvalue weighted by atomic mass is 10.1. The van der Waals surface area contributed by atoms with Crippen LogP contribution in [-0.2, 0) is 6.42 Å². The molecule has 6 heteroatoms. The van der Waals surface area contributed by atoms with Crippen LogP contribution in [0.1, 0.15) is 5.56 Å². The zero-order valence-electron chi connectivity index (χ0n) is 8.80. The summed E-state index contributed by atoms with van der Waals surface area (Å²) < 4.78 is 0. The number of nitrogens with two attached hydrogens (primary N) is 2. The SMILES string of the molecule is N=C(N=C(N)N)N(O)CCc1ccccc1. The average molecular weight is 221 g/mol. The van der Waals surface area contributed by atoms with E-state index in [1.807, 2.05) is 30.3 Å². The Bertz CT molecular complexity index is 372. The number of hydrogen-bond acceptors (Lipinski definition) is 2. The molecule has 0 radical (unpaired) electrons. The Hall–Kier alpha value is -2.08. The molecule has 0 aliphatic rings. The first-order valence-electron chi connectivity index (χ1n) is 4.78. The van der Waals surface area contributed by atoms with Crippen molar-refractivity contribution in [3.05, 3.63) is 35.9 Å². The molecule has 6 N–H and O–H groups in total. The standard InChI is InChI=1S/C10H15N5O/c11-9(12)14-10(13)15(16)7-6-8-4-2-1-3-5-8/h1-5,16H,6-7H2,(H5,11,12,13,14). The van der Waals surface area contributed by atoms with Crippen molar-refractivity contribution in [2.75, 3.05) is 6.54 Å². The molecule has 0 bridgehead atoms. The van der Waals surface area contributed by atoms with Crippen LogP contribution < -0.4 is 11.5 Å². The molecule has 0 aliphatic carbocycles.